The van der Waals surface area contributed by atoms with Crippen molar-refractivity contribution in [1.29, 1.82) is 0 Å². The van der Waals surface area contributed by atoms with Crippen LogP contribution in [-0.2, 0) is 4.79 Å². The monoisotopic (exact) mass is 213 g/mol. The van der Waals surface area contributed by atoms with E-state index < -0.39 is 0 Å². The van der Waals surface area contributed by atoms with Gasteiger partial charge in [-0.15, -0.1) is 0 Å². The van der Waals surface area contributed by atoms with Crippen LogP contribution in [0.25, 0.3) is 0 Å². The van der Waals surface area contributed by atoms with Crippen molar-refractivity contribution in [3.05, 3.63) is 0 Å². The molecule has 0 aromatic heterocycles. The van der Waals surface area contributed by atoms with Gasteiger partial charge in [-0.3, -0.25) is 4.79 Å². The first-order chi connectivity index (χ1) is 7.22. The first-order valence-electron chi connectivity index (χ1n) is 5.87. The molecule has 1 aliphatic rings. The number of nitrogens with one attached hydrogen (secondary N) is 1. The van der Waals surface area contributed by atoms with Crippen molar-refractivity contribution in [2.24, 2.45) is 11.7 Å². The molecule has 15 heavy (non-hydrogen) atoms. The lowest BCUT2D eigenvalue weighted by molar-refractivity contribution is -0.121. The SMILES string of the molecule is CN1CCCC(CNC(=O)CCCN)C1. The van der Waals surface area contributed by atoms with Crippen LogP contribution in [0.15, 0.2) is 0 Å². The third-order valence-electron chi connectivity index (χ3n) is 2.92. The number of likely N-dealkylation sites (tertiary alicyclic amines) is 1. The third-order valence-corrected chi connectivity index (χ3v) is 2.92. The van der Waals surface area contributed by atoms with Crippen molar-refractivity contribution >= 4 is 5.91 Å². The van der Waals surface area contributed by atoms with E-state index in [0.29, 0.717) is 18.9 Å². The average Bonchev–Trinajstić information content (AvgIpc) is 2.23. The molecule has 1 unspecified atom stereocenters. The lowest BCUT2D eigenvalue weighted by Crippen LogP contribution is -2.39. The number of piperidine rings is 1. The van der Waals surface area contributed by atoms with E-state index in [1.165, 1.54) is 19.4 Å². The second kappa shape index (κ2) is 6.80. The summed E-state index contributed by atoms with van der Waals surface area (Å²) < 4.78 is 0. The van der Waals surface area contributed by atoms with Gasteiger partial charge in [0.05, 0.1) is 0 Å². The maximum atomic E-state index is 11.3. The minimum absolute atomic E-state index is 0.147. The van der Waals surface area contributed by atoms with Crippen molar-refractivity contribution < 1.29 is 4.79 Å². The van der Waals surface area contributed by atoms with Crippen molar-refractivity contribution in [1.82, 2.24) is 10.2 Å². The van der Waals surface area contributed by atoms with Crippen LogP contribution in [0.3, 0.4) is 0 Å². The summed E-state index contributed by atoms with van der Waals surface area (Å²) in [4.78, 5) is 13.7. The standard InChI is InChI=1S/C11H23N3O/c1-14-7-3-4-10(9-14)8-13-11(15)5-2-6-12/h10H,2-9,12H2,1H3,(H,13,15). The lowest BCUT2D eigenvalue weighted by atomic mass is 9.98. The molecule has 0 radical (unpaired) electrons. The summed E-state index contributed by atoms with van der Waals surface area (Å²) in [6, 6.07) is 0. The van der Waals surface area contributed by atoms with Crippen molar-refractivity contribution in [3.8, 4) is 0 Å². The minimum atomic E-state index is 0.147. The Kier molecular flexibility index (Phi) is 5.65. The van der Waals surface area contributed by atoms with Gasteiger partial charge in [-0.1, -0.05) is 0 Å². The smallest absolute Gasteiger partial charge is 0.220 e. The molecule has 0 bridgehead atoms. The van der Waals surface area contributed by atoms with E-state index in [9.17, 15) is 4.79 Å². The van der Waals surface area contributed by atoms with E-state index in [1.807, 2.05) is 0 Å². The van der Waals surface area contributed by atoms with E-state index >= 15 is 0 Å². The molecular weight excluding hydrogens is 190 g/mol. The zero-order valence-electron chi connectivity index (χ0n) is 9.67. The number of carbonyl (C=O) groups is 1. The van der Waals surface area contributed by atoms with Gasteiger partial charge < -0.3 is 16.0 Å². The maximum Gasteiger partial charge on any atom is 0.220 e. The highest BCUT2D eigenvalue weighted by Gasteiger charge is 2.17. The van der Waals surface area contributed by atoms with Crippen LogP contribution in [0.2, 0.25) is 0 Å². The molecule has 1 rings (SSSR count). The number of rotatable bonds is 5. The molecule has 1 aliphatic heterocycles. The van der Waals surface area contributed by atoms with E-state index in [0.717, 1.165) is 19.5 Å². The quantitative estimate of drug-likeness (QED) is 0.685. The molecule has 0 saturated carbocycles. The molecule has 1 heterocycles. The highest BCUT2D eigenvalue weighted by Crippen LogP contribution is 2.13. The molecule has 0 aliphatic carbocycles. The van der Waals surface area contributed by atoms with Gasteiger partial charge in [0.15, 0.2) is 0 Å². The largest absolute Gasteiger partial charge is 0.356 e. The zero-order chi connectivity index (χ0) is 11.1. The second-order valence-corrected chi connectivity index (χ2v) is 4.47. The normalized spacial score (nSPS) is 22.7. The number of nitrogens with two attached hydrogens (primary N) is 1. The van der Waals surface area contributed by atoms with Crippen LogP contribution in [-0.4, -0.2) is 44.0 Å². The Balaban J connectivity index is 2.10. The lowest BCUT2D eigenvalue weighted by Gasteiger charge is -2.29. The molecule has 4 heteroatoms. The number of carbonyl (C=O) groups excluding carboxylic acids is 1. The average molecular weight is 213 g/mol. The number of nitrogens with zero attached hydrogens (tertiary/aromatic N) is 1. The molecule has 1 amide bonds. The van der Waals surface area contributed by atoms with Crippen LogP contribution in [0.4, 0.5) is 0 Å². The first kappa shape index (κ1) is 12.5. The minimum Gasteiger partial charge on any atom is -0.356 e. The Bertz CT molecular complexity index is 196. The highest BCUT2D eigenvalue weighted by molar-refractivity contribution is 5.75. The van der Waals surface area contributed by atoms with Crippen LogP contribution >= 0.6 is 0 Å². The molecule has 4 nitrogen and oxygen atoms in total. The van der Waals surface area contributed by atoms with Gasteiger partial charge in [-0.05, 0) is 45.3 Å². The predicted molar refractivity (Wildman–Crippen MR) is 61.5 cm³/mol. The Labute approximate surface area is 92.2 Å². The first-order valence-corrected chi connectivity index (χ1v) is 5.87. The molecular formula is C11H23N3O. The highest BCUT2D eigenvalue weighted by atomic mass is 16.1. The van der Waals surface area contributed by atoms with Crippen LogP contribution in [0.1, 0.15) is 25.7 Å². The summed E-state index contributed by atoms with van der Waals surface area (Å²) >= 11 is 0. The van der Waals surface area contributed by atoms with E-state index in [1.54, 1.807) is 0 Å². The van der Waals surface area contributed by atoms with Gasteiger partial charge in [0, 0.05) is 19.5 Å². The van der Waals surface area contributed by atoms with Crippen LogP contribution < -0.4 is 11.1 Å². The molecule has 1 saturated heterocycles. The summed E-state index contributed by atoms with van der Waals surface area (Å²) in [6.07, 6.45) is 3.84. The summed E-state index contributed by atoms with van der Waals surface area (Å²) in [7, 11) is 2.14. The Morgan fingerprint density at radius 3 is 3.07 bits per heavy atom. The summed E-state index contributed by atoms with van der Waals surface area (Å²) in [5.74, 6) is 0.777. The molecule has 0 spiro atoms. The fourth-order valence-electron chi connectivity index (χ4n) is 2.05. The van der Waals surface area contributed by atoms with Gasteiger partial charge in [0.25, 0.3) is 0 Å². The van der Waals surface area contributed by atoms with Crippen molar-refractivity contribution in [2.75, 3.05) is 33.2 Å². The fraction of sp³-hybridized carbons (Fsp3) is 0.909. The van der Waals surface area contributed by atoms with Crippen LogP contribution in [0.5, 0.6) is 0 Å². The van der Waals surface area contributed by atoms with Gasteiger partial charge >= 0.3 is 0 Å². The molecule has 3 N–H and O–H groups in total. The number of hydrogen-bond donors (Lipinski definition) is 2. The topological polar surface area (TPSA) is 58.4 Å². The Morgan fingerprint density at radius 2 is 2.40 bits per heavy atom. The molecule has 1 atom stereocenters. The summed E-state index contributed by atoms with van der Waals surface area (Å²) in [5, 5.41) is 2.99. The predicted octanol–water partition coefficient (Wildman–Crippen LogP) is 0.183. The van der Waals surface area contributed by atoms with Crippen molar-refractivity contribution in [2.45, 2.75) is 25.7 Å². The third kappa shape index (κ3) is 5.14. The molecule has 0 aromatic rings. The van der Waals surface area contributed by atoms with E-state index in [4.69, 9.17) is 5.73 Å². The molecule has 0 aromatic carbocycles. The second-order valence-electron chi connectivity index (χ2n) is 4.47. The Hall–Kier alpha value is -0.610. The zero-order valence-corrected chi connectivity index (χ0v) is 9.67. The Morgan fingerprint density at radius 1 is 1.60 bits per heavy atom. The van der Waals surface area contributed by atoms with Gasteiger partial charge in [-0.2, -0.15) is 0 Å². The molecule has 88 valence electrons. The number of hydrogen-bond acceptors (Lipinski definition) is 3. The van der Waals surface area contributed by atoms with E-state index in [-0.39, 0.29) is 5.91 Å². The van der Waals surface area contributed by atoms with Gasteiger partial charge in [0.1, 0.15) is 0 Å². The van der Waals surface area contributed by atoms with Gasteiger partial charge in [0.2, 0.25) is 5.91 Å². The van der Waals surface area contributed by atoms with Gasteiger partial charge in [-0.25, -0.2) is 0 Å². The van der Waals surface area contributed by atoms with Crippen LogP contribution in [0, 0.1) is 5.92 Å². The fourth-order valence-corrected chi connectivity index (χ4v) is 2.05. The van der Waals surface area contributed by atoms with E-state index in [2.05, 4.69) is 17.3 Å². The number of amides is 1. The summed E-state index contributed by atoms with van der Waals surface area (Å²) in [6.45, 7) is 3.72. The maximum absolute atomic E-state index is 11.3. The molecule has 1 fully saturated rings. The van der Waals surface area contributed by atoms with Crippen molar-refractivity contribution in [3.63, 3.8) is 0 Å². The summed E-state index contributed by atoms with van der Waals surface area (Å²) in [5.41, 5.74) is 5.35.